The Kier molecular flexibility index (Phi) is 5.08. The van der Waals surface area contributed by atoms with Gasteiger partial charge in [-0.1, -0.05) is 0 Å². The normalized spacial score (nSPS) is 11.3. The number of likely N-dealkylation sites (N-methyl/N-ethyl adjacent to an activating group) is 1. The Hall–Kier alpha value is -0.750. The number of carbonyl (C=O) groups is 1. The second kappa shape index (κ2) is 6.10. The predicted molar refractivity (Wildman–Crippen MR) is 64.7 cm³/mol. The van der Waals surface area contributed by atoms with Crippen molar-refractivity contribution in [1.29, 1.82) is 0 Å². The molecule has 0 aromatic carbocycles. The molecule has 1 aromatic heterocycles. The van der Waals surface area contributed by atoms with Gasteiger partial charge < -0.3 is 4.90 Å². The van der Waals surface area contributed by atoms with Crippen LogP contribution in [0.4, 0.5) is 8.78 Å². The molecule has 0 N–H and O–H groups in total. The largest absolute Gasteiger partial charge is 0.336 e. The molecule has 2 nitrogen and oxygen atoms in total. The summed E-state index contributed by atoms with van der Waals surface area (Å²) in [6, 6.07) is 1.85. The van der Waals surface area contributed by atoms with Crippen molar-refractivity contribution in [3.8, 4) is 0 Å². The van der Waals surface area contributed by atoms with Crippen LogP contribution in [0.1, 0.15) is 5.56 Å². The maximum Gasteiger partial charge on any atom is 0.255 e. The molecule has 0 aliphatic heterocycles. The number of alkyl halides is 2. The maximum absolute atomic E-state index is 12.0. The van der Waals surface area contributed by atoms with Crippen LogP contribution in [-0.2, 0) is 4.79 Å². The first-order chi connectivity index (χ1) is 7.49. The van der Waals surface area contributed by atoms with Gasteiger partial charge in [0.05, 0.1) is 10.3 Å². The summed E-state index contributed by atoms with van der Waals surface area (Å²) in [5.41, 5.74) is 0.871. The summed E-state index contributed by atoms with van der Waals surface area (Å²) in [5.74, 6) is -0.428. The third kappa shape index (κ3) is 4.40. The van der Waals surface area contributed by atoms with Crippen LogP contribution < -0.4 is 0 Å². The standard InChI is InChI=1S/C10H10BrF2NOS/c1-14(5-9(12)13)10(15)3-2-7-4-8(11)16-6-7/h2-4,6,9H,5H2,1H3/b3-2+. The zero-order chi connectivity index (χ0) is 12.1. The highest BCUT2D eigenvalue weighted by Gasteiger charge is 2.11. The van der Waals surface area contributed by atoms with E-state index in [-0.39, 0.29) is 0 Å². The molecule has 0 fully saturated rings. The van der Waals surface area contributed by atoms with Gasteiger partial charge >= 0.3 is 0 Å². The third-order valence-electron chi connectivity index (χ3n) is 1.79. The molecule has 6 heteroatoms. The summed E-state index contributed by atoms with van der Waals surface area (Å²) < 4.78 is 24.9. The molecule has 88 valence electrons. The molecule has 0 unspecified atom stereocenters. The second-order valence-electron chi connectivity index (χ2n) is 3.13. The van der Waals surface area contributed by atoms with Crippen LogP contribution >= 0.6 is 27.3 Å². The lowest BCUT2D eigenvalue weighted by molar-refractivity contribution is -0.126. The highest BCUT2D eigenvalue weighted by Crippen LogP contribution is 2.21. The van der Waals surface area contributed by atoms with Gasteiger partial charge in [-0.25, -0.2) is 8.78 Å². The Labute approximate surface area is 105 Å². The van der Waals surface area contributed by atoms with E-state index in [2.05, 4.69) is 15.9 Å². The number of carbonyl (C=O) groups excluding carboxylic acids is 1. The smallest absolute Gasteiger partial charge is 0.255 e. The van der Waals surface area contributed by atoms with Crippen molar-refractivity contribution in [2.75, 3.05) is 13.6 Å². The zero-order valence-electron chi connectivity index (χ0n) is 8.49. The molecule has 1 rings (SSSR count). The maximum atomic E-state index is 12.0. The van der Waals surface area contributed by atoms with Crippen molar-refractivity contribution < 1.29 is 13.6 Å². The predicted octanol–water partition coefficient (Wildman–Crippen LogP) is 3.25. The molecule has 0 aliphatic carbocycles. The lowest BCUT2D eigenvalue weighted by Crippen LogP contribution is -2.29. The summed E-state index contributed by atoms with van der Waals surface area (Å²) in [7, 11) is 1.35. The van der Waals surface area contributed by atoms with E-state index in [1.165, 1.54) is 24.5 Å². The van der Waals surface area contributed by atoms with Crippen LogP contribution in [0.3, 0.4) is 0 Å². The summed E-state index contributed by atoms with van der Waals surface area (Å²) >= 11 is 4.79. The van der Waals surface area contributed by atoms with Crippen LogP contribution in [0.2, 0.25) is 0 Å². The fourth-order valence-electron chi connectivity index (χ4n) is 1.00. The minimum atomic E-state index is -2.50. The van der Waals surface area contributed by atoms with Gasteiger partial charge in [0.25, 0.3) is 6.43 Å². The topological polar surface area (TPSA) is 20.3 Å². The van der Waals surface area contributed by atoms with Gasteiger partial charge in [-0.05, 0) is 39.0 Å². The Morgan fingerprint density at radius 1 is 1.69 bits per heavy atom. The minimum absolute atomic E-state index is 0.428. The Morgan fingerprint density at radius 3 is 2.88 bits per heavy atom. The number of halogens is 3. The summed E-state index contributed by atoms with van der Waals surface area (Å²) in [4.78, 5) is 12.3. The first-order valence-electron chi connectivity index (χ1n) is 4.44. The van der Waals surface area contributed by atoms with Gasteiger partial charge in [0.1, 0.15) is 0 Å². The average molecular weight is 310 g/mol. The number of hydrogen-bond donors (Lipinski definition) is 0. The lowest BCUT2D eigenvalue weighted by Gasteiger charge is -2.13. The first kappa shape index (κ1) is 13.3. The summed E-state index contributed by atoms with van der Waals surface area (Å²) in [6.07, 6.45) is 0.389. The molecule has 16 heavy (non-hydrogen) atoms. The first-order valence-corrected chi connectivity index (χ1v) is 6.11. The molecule has 0 saturated carbocycles. The molecule has 0 atom stereocenters. The van der Waals surface area contributed by atoms with Crippen molar-refractivity contribution in [3.63, 3.8) is 0 Å². The SMILES string of the molecule is CN(CC(F)F)C(=O)/C=C/c1csc(Br)c1. The Morgan fingerprint density at radius 2 is 2.38 bits per heavy atom. The quantitative estimate of drug-likeness (QED) is 0.782. The number of hydrogen-bond acceptors (Lipinski definition) is 2. The Balaban J connectivity index is 2.53. The number of rotatable bonds is 4. The molecule has 0 saturated heterocycles. The van der Waals surface area contributed by atoms with E-state index >= 15 is 0 Å². The molecule has 1 amide bonds. The van der Waals surface area contributed by atoms with Crippen molar-refractivity contribution in [3.05, 3.63) is 26.9 Å². The monoisotopic (exact) mass is 309 g/mol. The van der Waals surface area contributed by atoms with Gasteiger partial charge in [-0.3, -0.25) is 4.79 Å². The van der Waals surface area contributed by atoms with E-state index in [1.807, 2.05) is 11.4 Å². The van der Waals surface area contributed by atoms with Crippen molar-refractivity contribution in [2.24, 2.45) is 0 Å². The molecule has 0 bridgehead atoms. The van der Waals surface area contributed by atoms with Gasteiger partial charge in [0, 0.05) is 13.1 Å². The van der Waals surface area contributed by atoms with E-state index in [9.17, 15) is 13.6 Å². The van der Waals surface area contributed by atoms with E-state index < -0.39 is 18.9 Å². The fraction of sp³-hybridized carbons (Fsp3) is 0.300. The van der Waals surface area contributed by atoms with Crippen LogP contribution in [0.25, 0.3) is 6.08 Å². The van der Waals surface area contributed by atoms with Gasteiger partial charge in [-0.2, -0.15) is 0 Å². The third-order valence-corrected chi connectivity index (χ3v) is 3.32. The van der Waals surface area contributed by atoms with E-state index in [0.717, 1.165) is 14.2 Å². The van der Waals surface area contributed by atoms with Gasteiger partial charge in [0.15, 0.2) is 0 Å². The van der Waals surface area contributed by atoms with Crippen LogP contribution in [0.5, 0.6) is 0 Å². The number of amides is 1. The highest BCUT2D eigenvalue weighted by atomic mass is 79.9. The molecule has 0 aliphatic rings. The zero-order valence-corrected chi connectivity index (χ0v) is 10.9. The van der Waals surface area contributed by atoms with E-state index in [4.69, 9.17) is 0 Å². The van der Waals surface area contributed by atoms with Gasteiger partial charge in [0.2, 0.25) is 5.91 Å². The van der Waals surface area contributed by atoms with Gasteiger partial charge in [-0.15, -0.1) is 11.3 Å². The molecular weight excluding hydrogens is 300 g/mol. The Bertz CT molecular complexity index is 392. The highest BCUT2D eigenvalue weighted by molar-refractivity contribution is 9.11. The molecule has 0 spiro atoms. The van der Waals surface area contributed by atoms with E-state index in [0.29, 0.717) is 0 Å². The minimum Gasteiger partial charge on any atom is -0.336 e. The number of nitrogens with zero attached hydrogens (tertiary/aromatic N) is 1. The van der Waals surface area contributed by atoms with Crippen molar-refractivity contribution >= 4 is 39.2 Å². The molecule has 1 heterocycles. The second-order valence-corrected chi connectivity index (χ2v) is 5.42. The number of thiophene rings is 1. The van der Waals surface area contributed by atoms with Crippen molar-refractivity contribution in [2.45, 2.75) is 6.43 Å². The lowest BCUT2D eigenvalue weighted by atomic mass is 10.3. The van der Waals surface area contributed by atoms with Crippen molar-refractivity contribution in [1.82, 2.24) is 4.90 Å². The van der Waals surface area contributed by atoms with Crippen LogP contribution in [0, 0.1) is 0 Å². The van der Waals surface area contributed by atoms with Crippen LogP contribution in [-0.4, -0.2) is 30.8 Å². The summed E-state index contributed by atoms with van der Waals surface area (Å²) in [6.45, 7) is -0.545. The summed E-state index contributed by atoms with van der Waals surface area (Å²) in [5, 5.41) is 1.86. The average Bonchev–Trinajstić information content (AvgIpc) is 2.59. The molecule has 0 radical (unpaired) electrons. The molecule has 1 aromatic rings. The van der Waals surface area contributed by atoms with Crippen LogP contribution in [0.15, 0.2) is 21.3 Å². The molecular formula is C10H10BrF2NOS. The fourth-order valence-corrected chi connectivity index (χ4v) is 2.15. The van der Waals surface area contributed by atoms with E-state index in [1.54, 1.807) is 6.08 Å².